The molecular weight excluding hydrogens is 412 g/mol. The third kappa shape index (κ3) is 5.56. The number of hydrogen-bond acceptors (Lipinski definition) is 6. The van der Waals surface area contributed by atoms with Gasteiger partial charge in [-0.05, 0) is 51.0 Å². The van der Waals surface area contributed by atoms with Crippen LogP contribution in [0.2, 0.25) is 0 Å². The van der Waals surface area contributed by atoms with Gasteiger partial charge in [-0.1, -0.05) is 6.07 Å². The van der Waals surface area contributed by atoms with Gasteiger partial charge in [0.25, 0.3) is 5.91 Å². The Morgan fingerprint density at radius 3 is 2.47 bits per heavy atom. The van der Waals surface area contributed by atoms with E-state index in [2.05, 4.69) is 0 Å². The highest BCUT2D eigenvalue weighted by atomic mass is 16.5. The number of Topliss-reactive ketones (excluding diaryl/α,β-unsaturated/α-hetero) is 1. The summed E-state index contributed by atoms with van der Waals surface area (Å²) in [6.07, 6.45) is 0.594. The fraction of sp³-hybridized carbons (Fsp3) is 0.458. The van der Waals surface area contributed by atoms with Crippen molar-refractivity contribution in [2.45, 2.75) is 27.2 Å². The Morgan fingerprint density at radius 2 is 1.84 bits per heavy atom. The molecule has 0 N–H and O–H groups in total. The number of amides is 1. The molecule has 0 radical (unpaired) electrons. The number of ketones is 1. The van der Waals surface area contributed by atoms with E-state index >= 15 is 0 Å². The van der Waals surface area contributed by atoms with E-state index in [1.807, 2.05) is 6.92 Å². The zero-order valence-corrected chi connectivity index (χ0v) is 19.7. The van der Waals surface area contributed by atoms with Crippen molar-refractivity contribution in [3.8, 4) is 5.75 Å². The third-order valence-corrected chi connectivity index (χ3v) is 5.45. The predicted molar refractivity (Wildman–Crippen MR) is 121 cm³/mol. The summed E-state index contributed by atoms with van der Waals surface area (Å²) >= 11 is 0. The SMILES string of the molecule is CCOCCCN(CC(=O)c1c(C)c(C(=O)OC)n(C)c1C)C(=O)c1cccc(OC)c1. The maximum absolute atomic E-state index is 13.3. The molecule has 0 fully saturated rings. The number of carbonyl (C=O) groups excluding carboxylic acids is 3. The third-order valence-electron chi connectivity index (χ3n) is 5.45. The van der Waals surface area contributed by atoms with Crippen LogP contribution in [0.4, 0.5) is 0 Å². The van der Waals surface area contributed by atoms with Crippen molar-refractivity contribution < 1.29 is 28.6 Å². The van der Waals surface area contributed by atoms with Gasteiger partial charge in [0.1, 0.15) is 11.4 Å². The molecule has 0 saturated heterocycles. The number of ether oxygens (including phenoxy) is 3. The van der Waals surface area contributed by atoms with E-state index in [0.717, 1.165) is 0 Å². The molecule has 0 aliphatic heterocycles. The summed E-state index contributed by atoms with van der Waals surface area (Å²) in [7, 11) is 4.55. The van der Waals surface area contributed by atoms with E-state index in [0.29, 0.717) is 60.0 Å². The molecule has 0 aliphatic rings. The van der Waals surface area contributed by atoms with Crippen molar-refractivity contribution in [3.05, 3.63) is 52.3 Å². The summed E-state index contributed by atoms with van der Waals surface area (Å²) in [5.74, 6) is -0.450. The molecular formula is C24H32N2O6. The van der Waals surface area contributed by atoms with Crippen LogP contribution in [0.25, 0.3) is 0 Å². The summed E-state index contributed by atoms with van der Waals surface area (Å²) in [6, 6.07) is 6.84. The van der Waals surface area contributed by atoms with Gasteiger partial charge in [0, 0.05) is 43.6 Å². The van der Waals surface area contributed by atoms with Gasteiger partial charge in [-0.3, -0.25) is 9.59 Å². The number of nitrogens with zero attached hydrogens (tertiary/aromatic N) is 2. The molecule has 0 bridgehead atoms. The van der Waals surface area contributed by atoms with Crippen LogP contribution in [0, 0.1) is 13.8 Å². The number of methoxy groups -OCH3 is 2. The Bertz CT molecular complexity index is 979. The quantitative estimate of drug-likeness (QED) is 0.301. The molecule has 0 aliphatic carbocycles. The molecule has 0 saturated carbocycles. The van der Waals surface area contributed by atoms with Gasteiger partial charge in [0.15, 0.2) is 5.78 Å². The van der Waals surface area contributed by atoms with Crippen LogP contribution >= 0.6 is 0 Å². The Balaban J connectivity index is 2.34. The zero-order valence-electron chi connectivity index (χ0n) is 19.7. The summed E-state index contributed by atoms with van der Waals surface area (Å²) in [5, 5.41) is 0. The summed E-state index contributed by atoms with van der Waals surface area (Å²) in [6.45, 7) is 6.71. The lowest BCUT2D eigenvalue weighted by Gasteiger charge is -2.22. The van der Waals surface area contributed by atoms with Crippen LogP contribution in [0.15, 0.2) is 24.3 Å². The van der Waals surface area contributed by atoms with Gasteiger partial charge in [-0.15, -0.1) is 0 Å². The van der Waals surface area contributed by atoms with Crippen molar-refractivity contribution in [1.29, 1.82) is 0 Å². The molecule has 2 aromatic rings. The Kier molecular flexibility index (Phi) is 9.02. The predicted octanol–water partition coefficient (Wildman–Crippen LogP) is 3.19. The lowest BCUT2D eigenvalue weighted by Crippen LogP contribution is -2.37. The second-order valence-corrected chi connectivity index (χ2v) is 7.42. The van der Waals surface area contributed by atoms with Crippen LogP contribution in [-0.2, 0) is 16.5 Å². The molecule has 0 unspecified atom stereocenters. The van der Waals surface area contributed by atoms with Crippen molar-refractivity contribution in [1.82, 2.24) is 9.47 Å². The van der Waals surface area contributed by atoms with Crippen molar-refractivity contribution in [2.24, 2.45) is 7.05 Å². The molecule has 32 heavy (non-hydrogen) atoms. The molecule has 1 amide bonds. The monoisotopic (exact) mass is 444 g/mol. The first-order valence-electron chi connectivity index (χ1n) is 10.5. The smallest absolute Gasteiger partial charge is 0.354 e. The first-order valence-corrected chi connectivity index (χ1v) is 10.5. The van der Waals surface area contributed by atoms with E-state index < -0.39 is 5.97 Å². The minimum absolute atomic E-state index is 0.117. The second kappa shape index (κ2) is 11.5. The van der Waals surface area contributed by atoms with E-state index in [1.54, 1.807) is 49.7 Å². The summed E-state index contributed by atoms with van der Waals surface area (Å²) in [4.78, 5) is 40.2. The fourth-order valence-corrected chi connectivity index (χ4v) is 3.72. The summed E-state index contributed by atoms with van der Waals surface area (Å²) in [5.41, 5.74) is 2.39. The van der Waals surface area contributed by atoms with Crippen LogP contribution in [0.5, 0.6) is 5.75 Å². The van der Waals surface area contributed by atoms with Gasteiger partial charge in [0.05, 0.1) is 20.8 Å². The number of rotatable bonds is 11. The van der Waals surface area contributed by atoms with Crippen LogP contribution < -0.4 is 4.74 Å². The maximum atomic E-state index is 13.3. The molecule has 2 rings (SSSR count). The van der Waals surface area contributed by atoms with Gasteiger partial charge in [-0.2, -0.15) is 0 Å². The lowest BCUT2D eigenvalue weighted by molar-refractivity contribution is 0.0588. The fourth-order valence-electron chi connectivity index (χ4n) is 3.72. The minimum Gasteiger partial charge on any atom is -0.497 e. The van der Waals surface area contributed by atoms with E-state index in [1.165, 1.54) is 19.1 Å². The zero-order chi connectivity index (χ0) is 23.8. The molecule has 8 heteroatoms. The van der Waals surface area contributed by atoms with Gasteiger partial charge in [-0.25, -0.2) is 4.79 Å². The Labute approximate surface area is 189 Å². The average Bonchev–Trinajstić information content (AvgIpc) is 3.02. The highest BCUT2D eigenvalue weighted by Crippen LogP contribution is 2.23. The van der Waals surface area contributed by atoms with Crippen molar-refractivity contribution in [2.75, 3.05) is 40.5 Å². The van der Waals surface area contributed by atoms with Gasteiger partial charge in [0.2, 0.25) is 0 Å². The molecule has 1 aromatic carbocycles. The topological polar surface area (TPSA) is 87.1 Å². The largest absolute Gasteiger partial charge is 0.497 e. The van der Waals surface area contributed by atoms with Crippen LogP contribution in [0.1, 0.15) is 55.8 Å². The number of aromatic nitrogens is 1. The molecule has 8 nitrogen and oxygen atoms in total. The first kappa shape index (κ1) is 25.1. The number of carbonyl (C=O) groups is 3. The Hall–Kier alpha value is -3.13. The average molecular weight is 445 g/mol. The molecule has 0 atom stereocenters. The van der Waals surface area contributed by atoms with Crippen molar-refractivity contribution in [3.63, 3.8) is 0 Å². The molecule has 1 aromatic heterocycles. The molecule has 1 heterocycles. The molecule has 0 spiro atoms. The Morgan fingerprint density at radius 1 is 1.12 bits per heavy atom. The van der Waals surface area contributed by atoms with Crippen LogP contribution in [-0.4, -0.2) is 67.6 Å². The standard InChI is InChI=1S/C24H32N2O6/c1-7-32-13-9-12-26(23(28)18-10-8-11-19(14-18)30-5)15-20(27)21-16(2)22(24(29)31-6)25(4)17(21)3/h8,10-11,14H,7,9,12-13,15H2,1-6H3. The normalized spacial score (nSPS) is 10.7. The van der Waals surface area contributed by atoms with E-state index in [9.17, 15) is 14.4 Å². The highest BCUT2D eigenvalue weighted by molar-refractivity contribution is 6.06. The second-order valence-electron chi connectivity index (χ2n) is 7.42. The van der Waals surface area contributed by atoms with Gasteiger partial charge >= 0.3 is 5.97 Å². The minimum atomic E-state index is -0.506. The summed E-state index contributed by atoms with van der Waals surface area (Å²) < 4.78 is 17.1. The highest BCUT2D eigenvalue weighted by Gasteiger charge is 2.27. The van der Waals surface area contributed by atoms with E-state index in [-0.39, 0.29) is 18.2 Å². The maximum Gasteiger partial charge on any atom is 0.354 e. The van der Waals surface area contributed by atoms with Gasteiger partial charge < -0.3 is 23.7 Å². The first-order chi connectivity index (χ1) is 15.3. The van der Waals surface area contributed by atoms with Crippen LogP contribution in [0.3, 0.4) is 0 Å². The number of esters is 1. The number of hydrogen-bond donors (Lipinski definition) is 0. The lowest BCUT2D eigenvalue weighted by atomic mass is 10.0. The number of benzene rings is 1. The van der Waals surface area contributed by atoms with Crippen molar-refractivity contribution >= 4 is 17.7 Å². The van der Waals surface area contributed by atoms with E-state index in [4.69, 9.17) is 14.2 Å². The molecule has 174 valence electrons.